The first-order valence-electron chi connectivity index (χ1n) is 5.72. The molecule has 1 aromatic rings. The molecule has 0 atom stereocenters. The lowest BCUT2D eigenvalue weighted by atomic mass is 9.96. The smallest absolute Gasteiger partial charge is 0.280 e. The molecule has 2 rings (SSSR count). The maximum absolute atomic E-state index is 12.0. The normalized spacial score (nSPS) is 16.6. The quantitative estimate of drug-likeness (QED) is 0.716. The predicted octanol–water partition coefficient (Wildman–Crippen LogP) is -0.750. The zero-order valence-electron chi connectivity index (χ0n) is 10.0. The van der Waals surface area contributed by atoms with E-state index in [2.05, 4.69) is 20.3 Å². The van der Waals surface area contributed by atoms with E-state index in [0.29, 0.717) is 25.9 Å². The summed E-state index contributed by atoms with van der Waals surface area (Å²) in [6.07, 6.45) is 1.27. The van der Waals surface area contributed by atoms with Crippen molar-refractivity contribution in [3.8, 4) is 0 Å². The molecule has 8 nitrogen and oxygen atoms in total. The van der Waals surface area contributed by atoms with Crippen molar-refractivity contribution >= 4 is 17.6 Å². The minimum absolute atomic E-state index is 0.00609. The maximum atomic E-state index is 12.0. The summed E-state index contributed by atoms with van der Waals surface area (Å²) in [5, 5.41) is 9.46. The number of rotatable bonds is 2. The van der Waals surface area contributed by atoms with Crippen molar-refractivity contribution in [1.82, 2.24) is 20.5 Å². The monoisotopic (exact) mass is 253 g/mol. The summed E-state index contributed by atoms with van der Waals surface area (Å²) in [7, 11) is 1.61. The number of likely N-dealkylation sites (tertiary alicyclic amines) is 1. The van der Waals surface area contributed by atoms with Gasteiger partial charge in [-0.25, -0.2) is 4.63 Å². The molecule has 0 radical (unpaired) electrons. The molecule has 0 bridgehead atoms. The minimum atomic E-state index is -0.302. The average Bonchev–Trinajstić information content (AvgIpc) is 2.83. The molecule has 98 valence electrons. The van der Waals surface area contributed by atoms with Crippen LogP contribution < -0.4 is 11.1 Å². The molecule has 18 heavy (non-hydrogen) atoms. The topological polar surface area (TPSA) is 114 Å². The Morgan fingerprint density at radius 1 is 1.39 bits per heavy atom. The van der Waals surface area contributed by atoms with Crippen LogP contribution in [0.1, 0.15) is 23.3 Å². The van der Waals surface area contributed by atoms with Gasteiger partial charge in [0.2, 0.25) is 17.4 Å². The third-order valence-corrected chi connectivity index (χ3v) is 3.12. The van der Waals surface area contributed by atoms with Crippen LogP contribution in [-0.4, -0.2) is 47.2 Å². The minimum Gasteiger partial charge on any atom is -0.379 e. The van der Waals surface area contributed by atoms with Crippen LogP contribution in [0.25, 0.3) is 0 Å². The third kappa shape index (κ3) is 2.27. The molecule has 0 saturated carbocycles. The van der Waals surface area contributed by atoms with Crippen LogP contribution >= 0.6 is 0 Å². The van der Waals surface area contributed by atoms with E-state index in [1.54, 1.807) is 11.9 Å². The molecular formula is C10H15N5O3. The highest BCUT2D eigenvalue weighted by atomic mass is 16.6. The Kier molecular flexibility index (Phi) is 3.45. The van der Waals surface area contributed by atoms with E-state index >= 15 is 0 Å². The molecular weight excluding hydrogens is 238 g/mol. The molecule has 1 aliphatic heterocycles. The van der Waals surface area contributed by atoms with Gasteiger partial charge in [-0.2, -0.15) is 0 Å². The second-order valence-corrected chi connectivity index (χ2v) is 4.18. The van der Waals surface area contributed by atoms with Gasteiger partial charge in [-0.05, 0) is 23.2 Å². The Balaban J connectivity index is 1.96. The first kappa shape index (κ1) is 12.3. The number of hydrogen-bond donors (Lipinski definition) is 2. The van der Waals surface area contributed by atoms with Crippen molar-refractivity contribution < 1.29 is 14.2 Å². The summed E-state index contributed by atoms with van der Waals surface area (Å²) in [6, 6.07) is 0. The SMILES string of the molecule is CNC(=O)C1CCN(C(=O)c2nonc2N)CC1. The highest BCUT2D eigenvalue weighted by molar-refractivity contribution is 5.96. The van der Waals surface area contributed by atoms with Gasteiger partial charge in [-0.1, -0.05) is 0 Å². The number of piperidine rings is 1. The number of amides is 2. The summed E-state index contributed by atoms with van der Waals surface area (Å²) in [6.45, 7) is 1.01. The Labute approximate surface area is 103 Å². The molecule has 0 aromatic carbocycles. The zero-order valence-corrected chi connectivity index (χ0v) is 10.0. The Morgan fingerprint density at radius 2 is 2.06 bits per heavy atom. The fraction of sp³-hybridized carbons (Fsp3) is 0.600. The number of nitrogens with two attached hydrogens (primary N) is 1. The van der Waals surface area contributed by atoms with Crippen molar-refractivity contribution in [2.24, 2.45) is 5.92 Å². The predicted molar refractivity (Wildman–Crippen MR) is 61.4 cm³/mol. The van der Waals surface area contributed by atoms with E-state index in [1.165, 1.54) is 0 Å². The van der Waals surface area contributed by atoms with Gasteiger partial charge in [-0.3, -0.25) is 9.59 Å². The van der Waals surface area contributed by atoms with Crippen molar-refractivity contribution in [2.75, 3.05) is 25.9 Å². The van der Waals surface area contributed by atoms with Crippen LogP contribution in [0.2, 0.25) is 0 Å². The van der Waals surface area contributed by atoms with Gasteiger partial charge < -0.3 is 16.0 Å². The summed E-state index contributed by atoms with van der Waals surface area (Å²) in [5.74, 6) is -0.325. The van der Waals surface area contributed by atoms with Crippen molar-refractivity contribution in [1.29, 1.82) is 0 Å². The highest BCUT2D eigenvalue weighted by Crippen LogP contribution is 2.19. The summed E-state index contributed by atoms with van der Waals surface area (Å²) in [4.78, 5) is 25.1. The molecule has 0 unspecified atom stereocenters. The van der Waals surface area contributed by atoms with E-state index in [-0.39, 0.29) is 29.2 Å². The van der Waals surface area contributed by atoms with Gasteiger partial charge in [0.15, 0.2) is 0 Å². The van der Waals surface area contributed by atoms with E-state index in [4.69, 9.17) is 5.73 Å². The van der Waals surface area contributed by atoms with Gasteiger partial charge in [0.25, 0.3) is 5.91 Å². The second kappa shape index (κ2) is 5.03. The number of aromatic nitrogens is 2. The average molecular weight is 253 g/mol. The number of carbonyl (C=O) groups is 2. The Bertz CT molecular complexity index is 450. The molecule has 2 amide bonds. The number of nitrogens with one attached hydrogen (secondary N) is 1. The lowest BCUT2D eigenvalue weighted by molar-refractivity contribution is -0.125. The highest BCUT2D eigenvalue weighted by Gasteiger charge is 2.29. The van der Waals surface area contributed by atoms with Crippen LogP contribution in [0.4, 0.5) is 5.82 Å². The van der Waals surface area contributed by atoms with Gasteiger partial charge in [0.1, 0.15) is 0 Å². The molecule has 1 aromatic heterocycles. The lowest BCUT2D eigenvalue weighted by Gasteiger charge is -2.30. The Morgan fingerprint density at radius 3 is 2.56 bits per heavy atom. The third-order valence-electron chi connectivity index (χ3n) is 3.12. The molecule has 1 fully saturated rings. The van der Waals surface area contributed by atoms with Crippen molar-refractivity contribution in [2.45, 2.75) is 12.8 Å². The molecule has 0 aliphatic carbocycles. The first-order valence-corrected chi connectivity index (χ1v) is 5.72. The van der Waals surface area contributed by atoms with Crippen LogP contribution in [0, 0.1) is 5.92 Å². The van der Waals surface area contributed by atoms with E-state index in [9.17, 15) is 9.59 Å². The number of nitrogen functional groups attached to an aromatic ring is 1. The lowest BCUT2D eigenvalue weighted by Crippen LogP contribution is -2.42. The molecule has 3 N–H and O–H groups in total. The summed E-state index contributed by atoms with van der Waals surface area (Å²) in [5.41, 5.74) is 5.50. The molecule has 1 aliphatic rings. The molecule has 1 saturated heterocycles. The van der Waals surface area contributed by atoms with E-state index < -0.39 is 0 Å². The Hall–Kier alpha value is -2.12. The number of anilines is 1. The number of nitrogens with zero attached hydrogens (tertiary/aromatic N) is 3. The second-order valence-electron chi connectivity index (χ2n) is 4.18. The van der Waals surface area contributed by atoms with Crippen molar-refractivity contribution in [3.63, 3.8) is 0 Å². The maximum Gasteiger partial charge on any atom is 0.280 e. The summed E-state index contributed by atoms with van der Waals surface area (Å²) >= 11 is 0. The molecule has 0 spiro atoms. The standard InChI is InChI=1S/C10H15N5O3/c1-12-9(16)6-2-4-15(5-3-6)10(17)7-8(11)14-18-13-7/h6H,2-5H2,1H3,(H2,11,14)(H,12,16). The van der Waals surface area contributed by atoms with Crippen LogP contribution in [0.15, 0.2) is 4.63 Å². The van der Waals surface area contributed by atoms with Gasteiger partial charge in [0, 0.05) is 26.1 Å². The number of hydrogen-bond acceptors (Lipinski definition) is 6. The van der Waals surface area contributed by atoms with Crippen LogP contribution in [0.3, 0.4) is 0 Å². The van der Waals surface area contributed by atoms with Gasteiger partial charge in [-0.15, -0.1) is 0 Å². The fourth-order valence-electron chi connectivity index (χ4n) is 2.04. The summed E-state index contributed by atoms with van der Waals surface area (Å²) < 4.78 is 4.40. The largest absolute Gasteiger partial charge is 0.379 e. The molecule has 2 heterocycles. The van der Waals surface area contributed by atoms with Gasteiger partial charge in [0.05, 0.1) is 0 Å². The van der Waals surface area contributed by atoms with E-state index in [1.807, 2.05) is 0 Å². The van der Waals surface area contributed by atoms with E-state index in [0.717, 1.165) is 0 Å². The zero-order chi connectivity index (χ0) is 13.1. The van der Waals surface area contributed by atoms with Crippen LogP contribution in [-0.2, 0) is 4.79 Å². The van der Waals surface area contributed by atoms with Gasteiger partial charge >= 0.3 is 0 Å². The van der Waals surface area contributed by atoms with Crippen molar-refractivity contribution in [3.05, 3.63) is 5.69 Å². The number of carbonyl (C=O) groups excluding carboxylic acids is 2. The first-order chi connectivity index (χ1) is 8.63. The fourth-order valence-corrected chi connectivity index (χ4v) is 2.04. The van der Waals surface area contributed by atoms with Crippen LogP contribution in [0.5, 0.6) is 0 Å². The molecule has 8 heteroatoms.